The van der Waals surface area contributed by atoms with E-state index in [9.17, 15) is 13.2 Å². The van der Waals surface area contributed by atoms with E-state index in [1.807, 2.05) is 24.3 Å². The zero-order chi connectivity index (χ0) is 25.4. The lowest BCUT2D eigenvalue weighted by Gasteiger charge is -2.18. The quantitative estimate of drug-likeness (QED) is 0.358. The number of rotatable bonds is 8. The molecular formula is C24H25ClN6O5S. The highest BCUT2D eigenvalue weighted by Gasteiger charge is 2.34. The minimum Gasteiger partial charge on any atom is -0.493 e. The van der Waals surface area contributed by atoms with Gasteiger partial charge in [0.15, 0.2) is 16.5 Å². The van der Waals surface area contributed by atoms with Gasteiger partial charge in [-0.2, -0.15) is 4.31 Å². The first kappa shape index (κ1) is 26.3. The maximum atomic E-state index is 12.8. The lowest BCUT2D eigenvalue weighted by atomic mass is 9.94. The van der Waals surface area contributed by atoms with Crippen molar-refractivity contribution in [2.24, 2.45) is 7.05 Å². The third kappa shape index (κ3) is 4.82. The number of para-hydroxylation sites is 1. The maximum absolute atomic E-state index is 12.8. The number of nitrogens with zero attached hydrogens (tertiary/aromatic N) is 5. The molecule has 0 bridgehead atoms. The molecule has 1 amide bonds. The number of methoxy groups -OCH3 is 1. The summed E-state index contributed by atoms with van der Waals surface area (Å²) in [6.45, 7) is 0.162. The summed E-state index contributed by atoms with van der Waals surface area (Å²) in [5.41, 5.74) is 2.74. The van der Waals surface area contributed by atoms with Crippen LogP contribution in [0.2, 0.25) is 0 Å². The van der Waals surface area contributed by atoms with Crippen LogP contribution in [-0.2, 0) is 21.9 Å². The van der Waals surface area contributed by atoms with Crippen molar-refractivity contribution in [3.05, 3.63) is 66.5 Å². The first-order valence-electron chi connectivity index (χ1n) is 11.1. The van der Waals surface area contributed by atoms with Gasteiger partial charge in [-0.05, 0) is 17.7 Å². The normalized spacial score (nSPS) is 14.8. The fourth-order valence-corrected chi connectivity index (χ4v) is 5.27. The van der Waals surface area contributed by atoms with E-state index in [0.29, 0.717) is 28.1 Å². The van der Waals surface area contributed by atoms with Crippen molar-refractivity contribution in [2.45, 2.75) is 10.9 Å². The number of anilines is 1. The van der Waals surface area contributed by atoms with E-state index in [1.54, 1.807) is 23.7 Å². The van der Waals surface area contributed by atoms with Gasteiger partial charge in [0.2, 0.25) is 5.91 Å². The predicted octanol–water partition coefficient (Wildman–Crippen LogP) is 2.58. The number of aromatic nitrogens is 4. The molecule has 1 atom stereocenters. The lowest BCUT2D eigenvalue weighted by molar-refractivity contribution is -0.116. The van der Waals surface area contributed by atoms with Crippen LogP contribution in [0.4, 0.5) is 5.69 Å². The largest absolute Gasteiger partial charge is 0.493 e. The highest BCUT2D eigenvalue weighted by atomic mass is 35.5. The predicted molar refractivity (Wildman–Crippen MR) is 139 cm³/mol. The highest BCUT2D eigenvalue weighted by molar-refractivity contribution is 7.89. The molecule has 1 aliphatic heterocycles. The number of nitrogens with one attached hydrogen (secondary N) is 1. The second-order valence-corrected chi connectivity index (χ2v) is 10.3. The molecule has 0 spiro atoms. The average molecular weight is 545 g/mol. The number of ether oxygens (including phenoxy) is 2. The molecule has 4 aromatic rings. The highest BCUT2D eigenvalue weighted by Crippen LogP contribution is 2.40. The van der Waals surface area contributed by atoms with Gasteiger partial charge in [-0.25, -0.2) is 23.4 Å². The van der Waals surface area contributed by atoms with Crippen LogP contribution >= 0.6 is 12.4 Å². The lowest BCUT2D eigenvalue weighted by Crippen LogP contribution is -2.31. The Morgan fingerprint density at radius 3 is 2.65 bits per heavy atom. The van der Waals surface area contributed by atoms with E-state index in [4.69, 9.17) is 9.47 Å². The van der Waals surface area contributed by atoms with E-state index in [0.717, 1.165) is 11.3 Å². The van der Waals surface area contributed by atoms with E-state index in [2.05, 4.69) is 20.3 Å². The van der Waals surface area contributed by atoms with Crippen LogP contribution in [0.25, 0.3) is 10.9 Å². The molecule has 1 aliphatic rings. The van der Waals surface area contributed by atoms with Crippen LogP contribution in [0, 0.1) is 0 Å². The van der Waals surface area contributed by atoms with Crippen molar-refractivity contribution in [1.29, 1.82) is 0 Å². The zero-order valence-corrected chi connectivity index (χ0v) is 21.9. The van der Waals surface area contributed by atoms with Gasteiger partial charge >= 0.3 is 0 Å². The summed E-state index contributed by atoms with van der Waals surface area (Å²) in [7, 11) is 0.940. The second-order valence-electron chi connectivity index (χ2n) is 8.34. The Labute approximate surface area is 219 Å². The number of amides is 1. The van der Waals surface area contributed by atoms with Crippen molar-refractivity contribution in [1.82, 2.24) is 23.8 Å². The molecule has 0 saturated heterocycles. The van der Waals surface area contributed by atoms with Crippen LogP contribution in [0.3, 0.4) is 0 Å². The molecule has 0 aliphatic carbocycles. The van der Waals surface area contributed by atoms with Crippen LogP contribution in [-0.4, -0.2) is 65.5 Å². The Bertz CT molecular complexity index is 1580. The van der Waals surface area contributed by atoms with Crippen molar-refractivity contribution in [3.8, 4) is 11.5 Å². The van der Waals surface area contributed by atoms with Crippen LogP contribution < -0.4 is 14.8 Å². The van der Waals surface area contributed by atoms with Crippen LogP contribution in [0.15, 0.2) is 60.3 Å². The number of likely N-dealkylation sites (N-methyl/N-ethyl adjacent to an activating group) is 1. The zero-order valence-electron chi connectivity index (χ0n) is 20.3. The molecular weight excluding hydrogens is 520 g/mol. The van der Waals surface area contributed by atoms with Gasteiger partial charge in [0, 0.05) is 44.0 Å². The number of hydrogen-bond acceptors (Lipinski definition) is 8. The molecule has 194 valence electrons. The molecule has 3 heterocycles. The summed E-state index contributed by atoms with van der Waals surface area (Å²) >= 11 is 0. The van der Waals surface area contributed by atoms with Gasteiger partial charge in [-0.1, -0.05) is 18.2 Å². The summed E-state index contributed by atoms with van der Waals surface area (Å²) in [4.78, 5) is 25.5. The van der Waals surface area contributed by atoms with E-state index < -0.39 is 15.9 Å². The number of imidazole rings is 1. The minimum absolute atomic E-state index is 0. The molecule has 1 N–H and O–H groups in total. The first-order valence-corrected chi connectivity index (χ1v) is 12.5. The Kier molecular flexibility index (Phi) is 7.35. The maximum Gasteiger partial charge on any atom is 0.261 e. The third-order valence-electron chi connectivity index (χ3n) is 6.04. The fourth-order valence-electron chi connectivity index (χ4n) is 4.15. The van der Waals surface area contributed by atoms with E-state index in [1.165, 1.54) is 37.3 Å². The molecule has 1 unspecified atom stereocenters. The van der Waals surface area contributed by atoms with E-state index in [-0.39, 0.29) is 36.5 Å². The second kappa shape index (κ2) is 10.3. The molecule has 11 nitrogen and oxygen atoms in total. The Morgan fingerprint density at radius 2 is 1.92 bits per heavy atom. The summed E-state index contributed by atoms with van der Waals surface area (Å²) in [6.07, 6.45) is 4.29. The minimum atomic E-state index is -3.74. The number of sulfonamides is 1. The standard InChI is InChI=1S/C24H24N6O5S.ClH/c1-29-12-21(27-14-29)36(32,33)30(2)8-9-35-20-11-18-16(10-19(20)34-3)23(26-13-25-18)22-15-6-4-5-7-17(15)28-24(22)31;/h4-7,10-14,22H,8-9H2,1-3H3,(H,28,31);1H. The molecule has 2 aromatic carbocycles. The topological polar surface area (TPSA) is 129 Å². The van der Waals surface area contributed by atoms with Gasteiger partial charge in [-0.15, -0.1) is 12.4 Å². The first-order chi connectivity index (χ1) is 17.3. The molecule has 5 rings (SSSR count). The monoisotopic (exact) mass is 544 g/mol. The van der Waals surface area contributed by atoms with E-state index >= 15 is 0 Å². The third-order valence-corrected chi connectivity index (χ3v) is 7.78. The van der Waals surface area contributed by atoms with Crippen molar-refractivity contribution < 1.29 is 22.7 Å². The fraction of sp³-hybridized carbons (Fsp3) is 0.250. The number of carbonyl (C=O) groups is 1. The number of hydrogen-bond donors (Lipinski definition) is 1. The molecule has 0 radical (unpaired) electrons. The van der Waals surface area contributed by atoms with Gasteiger partial charge in [-0.3, -0.25) is 4.79 Å². The van der Waals surface area contributed by atoms with Gasteiger partial charge < -0.3 is 19.4 Å². The van der Waals surface area contributed by atoms with Gasteiger partial charge in [0.1, 0.15) is 18.9 Å². The van der Waals surface area contributed by atoms with Crippen LogP contribution in [0.5, 0.6) is 11.5 Å². The van der Waals surface area contributed by atoms with Crippen molar-refractivity contribution in [3.63, 3.8) is 0 Å². The summed E-state index contributed by atoms with van der Waals surface area (Å²) < 4.78 is 39.5. The smallest absolute Gasteiger partial charge is 0.261 e. The molecule has 13 heteroatoms. The number of benzene rings is 2. The summed E-state index contributed by atoms with van der Waals surface area (Å²) in [5, 5.41) is 3.53. The molecule has 0 fully saturated rings. The Hall–Kier alpha value is -3.74. The Morgan fingerprint density at radius 1 is 1.14 bits per heavy atom. The number of halogens is 1. The number of carbonyl (C=O) groups excluding carboxylic acids is 1. The average Bonchev–Trinajstić information content (AvgIpc) is 3.45. The molecule has 2 aromatic heterocycles. The number of fused-ring (bicyclic) bond motifs is 2. The van der Waals surface area contributed by atoms with Gasteiger partial charge in [0.05, 0.1) is 24.6 Å². The SMILES string of the molecule is COc1cc2c(C3C(=O)Nc4ccccc43)ncnc2cc1OCCN(C)S(=O)(=O)c1cn(C)cn1.Cl. The summed E-state index contributed by atoms with van der Waals surface area (Å²) in [6, 6.07) is 10.9. The number of aryl methyl sites for hydroxylation is 1. The summed E-state index contributed by atoms with van der Waals surface area (Å²) in [5.74, 6) is 0.0799. The molecule has 0 saturated carbocycles. The van der Waals surface area contributed by atoms with Crippen molar-refractivity contribution >= 4 is 44.9 Å². The van der Waals surface area contributed by atoms with Crippen LogP contribution in [0.1, 0.15) is 17.2 Å². The van der Waals surface area contributed by atoms with Gasteiger partial charge in [0.25, 0.3) is 10.0 Å². The molecule has 37 heavy (non-hydrogen) atoms. The van der Waals surface area contributed by atoms with Crippen molar-refractivity contribution in [2.75, 3.05) is 32.6 Å². The Balaban J connectivity index is 0.00000320.